The van der Waals surface area contributed by atoms with Crippen molar-refractivity contribution in [1.29, 1.82) is 0 Å². The highest BCUT2D eigenvalue weighted by Gasteiger charge is 2.25. The van der Waals surface area contributed by atoms with Crippen LogP contribution < -0.4 is 15.8 Å². The minimum absolute atomic E-state index is 0.228. The Kier molecular flexibility index (Phi) is 6.03. The third-order valence-corrected chi connectivity index (χ3v) is 6.90. The maximum atomic E-state index is 6.20. The lowest BCUT2D eigenvalue weighted by molar-refractivity contribution is 0.159. The summed E-state index contributed by atoms with van der Waals surface area (Å²) in [7, 11) is 0. The molecule has 3 N–H and O–H groups in total. The number of hydrogen-bond acceptors (Lipinski definition) is 8. The third kappa shape index (κ3) is 4.64. The van der Waals surface area contributed by atoms with Crippen molar-refractivity contribution in [3.63, 3.8) is 0 Å². The molecule has 1 saturated heterocycles. The molecule has 2 atom stereocenters. The summed E-state index contributed by atoms with van der Waals surface area (Å²) in [6, 6.07) is 12.3. The van der Waals surface area contributed by atoms with Gasteiger partial charge in [-0.05, 0) is 61.2 Å². The number of aromatic nitrogens is 6. The van der Waals surface area contributed by atoms with Crippen LogP contribution in [0.25, 0.3) is 11.2 Å². The van der Waals surface area contributed by atoms with E-state index < -0.39 is 0 Å². The fourth-order valence-corrected chi connectivity index (χ4v) is 4.94. The Morgan fingerprint density at radius 1 is 1.11 bits per heavy atom. The van der Waals surface area contributed by atoms with Gasteiger partial charge in [0.25, 0.3) is 0 Å². The van der Waals surface area contributed by atoms with Gasteiger partial charge in [-0.3, -0.25) is 4.90 Å². The van der Waals surface area contributed by atoms with Crippen LogP contribution >= 0.6 is 0 Å². The molecule has 1 aliphatic rings. The zero-order valence-electron chi connectivity index (χ0n) is 20.7. The van der Waals surface area contributed by atoms with Crippen LogP contribution in [0.5, 0.6) is 11.5 Å². The predicted molar refractivity (Wildman–Crippen MR) is 142 cm³/mol. The zero-order valence-corrected chi connectivity index (χ0v) is 20.7. The number of likely N-dealkylation sites (tertiary alicyclic amines) is 1. The number of nitrogens with zero attached hydrogens (tertiary/aromatic N) is 7. The van der Waals surface area contributed by atoms with Gasteiger partial charge >= 0.3 is 0 Å². The van der Waals surface area contributed by atoms with Crippen molar-refractivity contribution in [3.8, 4) is 11.5 Å². The van der Waals surface area contributed by atoms with Crippen LogP contribution in [0.1, 0.15) is 24.0 Å². The van der Waals surface area contributed by atoms with Gasteiger partial charge in [-0.25, -0.2) is 19.0 Å². The Hall–Kier alpha value is -4.28. The van der Waals surface area contributed by atoms with Crippen molar-refractivity contribution in [2.45, 2.75) is 38.4 Å². The molecule has 188 valence electrons. The first-order chi connectivity index (χ1) is 18.1. The molecule has 1 aromatic carbocycles. The smallest absolute Gasteiger partial charge is 0.158 e. The van der Waals surface area contributed by atoms with Gasteiger partial charge in [0.05, 0.1) is 0 Å². The minimum Gasteiger partial charge on any atom is -0.457 e. The van der Waals surface area contributed by atoms with Crippen molar-refractivity contribution >= 4 is 22.7 Å². The number of fused-ring (bicyclic) bond motifs is 2. The Balaban J connectivity index is 1.23. The van der Waals surface area contributed by atoms with E-state index in [1.54, 1.807) is 10.8 Å². The number of hydrogen-bond donors (Lipinski definition) is 2. The average molecular weight is 496 g/mol. The maximum Gasteiger partial charge on any atom is 0.158 e. The minimum atomic E-state index is 0.228. The first-order valence-electron chi connectivity index (χ1n) is 12.4. The van der Waals surface area contributed by atoms with Gasteiger partial charge in [-0.2, -0.15) is 10.2 Å². The molecule has 37 heavy (non-hydrogen) atoms. The second-order valence-corrected chi connectivity index (χ2v) is 9.43. The molecule has 10 heteroatoms. The van der Waals surface area contributed by atoms with Gasteiger partial charge < -0.3 is 15.8 Å². The molecule has 1 aliphatic heterocycles. The van der Waals surface area contributed by atoms with E-state index in [4.69, 9.17) is 10.5 Å². The number of nitrogens with two attached hydrogens (primary N) is 1. The van der Waals surface area contributed by atoms with E-state index >= 15 is 0 Å². The molecule has 5 aromatic rings. The Bertz CT molecular complexity index is 1570. The summed E-state index contributed by atoms with van der Waals surface area (Å²) in [5, 5.41) is 12.0. The van der Waals surface area contributed by atoms with Crippen molar-refractivity contribution in [2.75, 3.05) is 11.9 Å². The normalized spacial score (nSPS) is 18.3. The largest absolute Gasteiger partial charge is 0.457 e. The van der Waals surface area contributed by atoms with E-state index in [1.165, 1.54) is 6.33 Å². The van der Waals surface area contributed by atoms with Crippen molar-refractivity contribution in [1.82, 2.24) is 34.1 Å². The highest BCUT2D eigenvalue weighted by molar-refractivity contribution is 5.76. The number of rotatable bonds is 7. The van der Waals surface area contributed by atoms with Gasteiger partial charge in [-0.15, -0.1) is 6.58 Å². The summed E-state index contributed by atoms with van der Waals surface area (Å²) in [5.41, 5.74) is 11.0. The second kappa shape index (κ2) is 9.64. The molecule has 1 fully saturated rings. The highest BCUT2D eigenvalue weighted by atomic mass is 16.5. The van der Waals surface area contributed by atoms with Gasteiger partial charge in [0.1, 0.15) is 29.7 Å². The number of benzene rings is 1. The maximum absolute atomic E-state index is 6.20. The summed E-state index contributed by atoms with van der Waals surface area (Å²) >= 11 is 0. The summed E-state index contributed by atoms with van der Waals surface area (Å²) in [4.78, 5) is 11.2. The van der Waals surface area contributed by atoms with Crippen LogP contribution in [0.2, 0.25) is 0 Å². The second-order valence-electron chi connectivity index (χ2n) is 9.43. The van der Waals surface area contributed by atoms with Gasteiger partial charge in [0.15, 0.2) is 11.5 Å². The Morgan fingerprint density at radius 2 is 1.95 bits per heavy atom. The number of anilines is 2. The number of nitrogens with one attached hydrogen (secondary N) is 1. The quantitative estimate of drug-likeness (QED) is 0.325. The average Bonchev–Trinajstić information content (AvgIpc) is 3.54. The van der Waals surface area contributed by atoms with Crippen molar-refractivity contribution < 1.29 is 4.74 Å². The molecular formula is C27H29N9O. The first kappa shape index (κ1) is 23.1. The number of pyridine rings is 1. The van der Waals surface area contributed by atoms with E-state index in [9.17, 15) is 0 Å². The molecule has 6 rings (SSSR count). The Morgan fingerprint density at radius 3 is 2.81 bits per heavy atom. The highest BCUT2D eigenvalue weighted by Crippen LogP contribution is 2.31. The summed E-state index contributed by atoms with van der Waals surface area (Å²) in [6.45, 7) is 7.77. The molecule has 0 amide bonds. The van der Waals surface area contributed by atoms with E-state index in [0.717, 1.165) is 65.5 Å². The van der Waals surface area contributed by atoms with Crippen LogP contribution in [0, 0.1) is 6.92 Å². The van der Waals surface area contributed by atoms with E-state index in [1.807, 2.05) is 60.2 Å². The molecule has 4 aromatic heterocycles. The van der Waals surface area contributed by atoms with Crippen LogP contribution in [0.15, 0.2) is 74.1 Å². The Labute approximate surface area is 214 Å². The monoisotopic (exact) mass is 495 g/mol. The van der Waals surface area contributed by atoms with E-state index in [2.05, 4.69) is 43.0 Å². The first-order valence-corrected chi connectivity index (χ1v) is 12.4. The molecular weight excluding hydrogens is 466 g/mol. The molecule has 0 saturated carbocycles. The lowest BCUT2D eigenvalue weighted by Gasteiger charge is -2.36. The summed E-state index contributed by atoms with van der Waals surface area (Å²) in [6.07, 6.45) is 10.8. The van der Waals surface area contributed by atoms with Crippen LogP contribution in [0.4, 0.5) is 11.5 Å². The van der Waals surface area contributed by atoms with Crippen molar-refractivity contribution in [2.24, 2.45) is 5.73 Å². The van der Waals surface area contributed by atoms with E-state index in [-0.39, 0.29) is 12.1 Å². The molecule has 10 nitrogen and oxygen atoms in total. The number of ether oxygens (including phenoxy) is 1. The predicted octanol–water partition coefficient (Wildman–Crippen LogP) is 4.09. The van der Waals surface area contributed by atoms with E-state index in [0.29, 0.717) is 5.75 Å². The van der Waals surface area contributed by atoms with Crippen LogP contribution in [0.3, 0.4) is 0 Å². The lowest BCUT2D eigenvalue weighted by Crippen LogP contribution is -2.45. The molecule has 1 unspecified atom stereocenters. The van der Waals surface area contributed by atoms with Crippen LogP contribution in [-0.4, -0.2) is 52.7 Å². The SMILES string of the molecule is C=CC1C[C@@H](N)CCN1Cc1ccn2ncnc(Nc3ccc(Oc4ccn5ncnc5c4)c(C)c3)c12. The third-order valence-electron chi connectivity index (χ3n) is 6.90. The van der Waals surface area contributed by atoms with Gasteiger partial charge in [0.2, 0.25) is 0 Å². The standard InChI is InChI=1S/C27H29N9O/c1-3-22-13-20(28)7-9-34(22)15-19-6-10-36-26(19)27(30-17-32-36)33-21-4-5-24(18(2)12-21)37-23-8-11-35-25(14-23)29-16-31-35/h3-6,8,10-12,14,16-17,20,22H,1,7,9,13,15,28H2,2H3,(H,30,32,33)/t20-,22?/m0/s1. The number of piperidine rings is 1. The molecule has 5 heterocycles. The summed E-state index contributed by atoms with van der Waals surface area (Å²) < 4.78 is 9.69. The molecule has 0 bridgehead atoms. The topological polar surface area (TPSA) is 111 Å². The van der Waals surface area contributed by atoms with Gasteiger partial charge in [-0.1, -0.05) is 6.08 Å². The molecule has 0 spiro atoms. The fourth-order valence-electron chi connectivity index (χ4n) is 4.94. The van der Waals surface area contributed by atoms with Crippen molar-refractivity contribution in [3.05, 3.63) is 85.2 Å². The molecule has 0 aliphatic carbocycles. The number of aryl methyl sites for hydroxylation is 1. The lowest BCUT2D eigenvalue weighted by atomic mass is 9.97. The fraction of sp³-hybridized carbons (Fsp3) is 0.259. The van der Waals surface area contributed by atoms with Crippen LogP contribution in [-0.2, 0) is 6.54 Å². The summed E-state index contributed by atoms with van der Waals surface area (Å²) in [5.74, 6) is 2.23. The molecule has 0 radical (unpaired) electrons. The zero-order chi connectivity index (χ0) is 25.4. The van der Waals surface area contributed by atoms with Gasteiger partial charge in [0, 0.05) is 49.3 Å².